The summed E-state index contributed by atoms with van der Waals surface area (Å²) in [5, 5.41) is 7.07. The molecule has 0 unspecified atom stereocenters. The van der Waals surface area contributed by atoms with E-state index in [-0.39, 0.29) is 5.91 Å². The molecule has 3 aromatic rings. The zero-order valence-electron chi connectivity index (χ0n) is 12.4. The molecule has 0 atom stereocenters. The summed E-state index contributed by atoms with van der Waals surface area (Å²) in [6.07, 6.45) is 3.44. The molecule has 3 aromatic heterocycles. The number of pyridine rings is 1. The molecule has 22 heavy (non-hydrogen) atoms. The van der Waals surface area contributed by atoms with Crippen molar-refractivity contribution >= 4 is 5.91 Å². The Labute approximate surface area is 127 Å². The molecule has 0 radical (unpaired) electrons. The van der Waals surface area contributed by atoms with Gasteiger partial charge in [-0.1, -0.05) is 0 Å². The van der Waals surface area contributed by atoms with E-state index in [4.69, 9.17) is 4.42 Å². The maximum Gasteiger partial charge on any atom is 0.253 e. The van der Waals surface area contributed by atoms with E-state index >= 15 is 0 Å². The molecule has 0 aliphatic heterocycles. The predicted molar refractivity (Wildman–Crippen MR) is 81.1 cm³/mol. The van der Waals surface area contributed by atoms with Crippen molar-refractivity contribution in [2.75, 3.05) is 0 Å². The third-order valence-corrected chi connectivity index (χ3v) is 3.30. The molecule has 0 bridgehead atoms. The van der Waals surface area contributed by atoms with Crippen LogP contribution in [0, 0.1) is 6.92 Å². The van der Waals surface area contributed by atoms with Gasteiger partial charge in [-0.25, -0.2) is 4.98 Å². The van der Waals surface area contributed by atoms with Gasteiger partial charge in [0.1, 0.15) is 5.69 Å². The van der Waals surface area contributed by atoms with E-state index in [2.05, 4.69) is 15.4 Å². The highest BCUT2D eigenvalue weighted by molar-refractivity contribution is 5.95. The molecule has 0 aromatic carbocycles. The first kappa shape index (κ1) is 14.1. The quantitative estimate of drug-likeness (QED) is 0.802. The second-order valence-electron chi connectivity index (χ2n) is 4.97. The fourth-order valence-electron chi connectivity index (χ4n) is 2.19. The minimum absolute atomic E-state index is 0.165. The first-order chi connectivity index (χ1) is 10.6. The molecular formula is C16H16N4O2. The van der Waals surface area contributed by atoms with Gasteiger partial charge in [0.05, 0.1) is 29.8 Å². The molecule has 3 rings (SSSR count). The minimum atomic E-state index is -0.165. The van der Waals surface area contributed by atoms with E-state index < -0.39 is 0 Å². The molecule has 0 saturated carbocycles. The minimum Gasteiger partial charge on any atom is -0.463 e. The van der Waals surface area contributed by atoms with Crippen molar-refractivity contribution in [3.05, 3.63) is 59.7 Å². The molecule has 0 aliphatic rings. The van der Waals surface area contributed by atoms with Crippen molar-refractivity contribution in [1.29, 1.82) is 0 Å². The van der Waals surface area contributed by atoms with E-state index in [0.29, 0.717) is 29.3 Å². The van der Waals surface area contributed by atoms with Crippen LogP contribution in [0.25, 0.3) is 11.5 Å². The highest BCUT2D eigenvalue weighted by Crippen LogP contribution is 2.19. The number of carbonyl (C=O) groups is 1. The molecule has 0 fully saturated rings. The van der Waals surface area contributed by atoms with Crippen LogP contribution in [0.1, 0.15) is 21.7 Å². The van der Waals surface area contributed by atoms with Crippen molar-refractivity contribution in [1.82, 2.24) is 20.1 Å². The molecule has 6 heteroatoms. The lowest BCUT2D eigenvalue weighted by Crippen LogP contribution is -2.24. The van der Waals surface area contributed by atoms with Crippen molar-refractivity contribution in [2.24, 2.45) is 7.05 Å². The van der Waals surface area contributed by atoms with Crippen LogP contribution < -0.4 is 5.32 Å². The zero-order chi connectivity index (χ0) is 15.5. The highest BCUT2D eigenvalue weighted by atomic mass is 16.3. The van der Waals surface area contributed by atoms with E-state index in [1.807, 2.05) is 32.3 Å². The van der Waals surface area contributed by atoms with Gasteiger partial charge in [0, 0.05) is 13.2 Å². The number of furan rings is 1. The van der Waals surface area contributed by atoms with Crippen LogP contribution >= 0.6 is 0 Å². The summed E-state index contributed by atoms with van der Waals surface area (Å²) in [5.41, 5.74) is 2.73. The third kappa shape index (κ3) is 2.90. The average Bonchev–Trinajstić information content (AvgIpc) is 3.16. The second-order valence-corrected chi connectivity index (χ2v) is 4.97. The Bertz CT molecular complexity index is 790. The van der Waals surface area contributed by atoms with Crippen LogP contribution in [-0.4, -0.2) is 20.7 Å². The van der Waals surface area contributed by atoms with Gasteiger partial charge < -0.3 is 9.73 Å². The Kier molecular flexibility index (Phi) is 3.74. The van der Waals surface area contributed by atoms with Gasteiger partial charge >= 0.3 is 0 Å². The molecule has 1 amide bonds. The lowest BCUT2D eigenvalue weighted by atomic mass is 10.1. The summed E-state index contributed by atoms with van der Waals surface area (Å²) >= 11 is 0. The molecule has 0 spiro atoms. The first-order valence-corrected chi connectivity index (χ1v) is 6.92. The summed E-state index contributed by atoms with van der Waals surface area (Å²) in [7, 11) is 1.84. The highest BCUT2D eigenvalue weighted by Gasteiger charge is 2.12. The summed E-state index contributed by atoms with van der Waals surface area (Å²) in [4.78, 5) is 16.7. The predicted octanol–water partition coefficient (Wildman–Crippen LogP) is 2.31. The maximum absolute atomic E-state index is 12.2. The van der Waals surface area contributed by atoms with Gasteiger partial charge in [0.25, 0.3) is 5.91 Å². The van der Waals surface area contributed by atoms with Crippen molar-refractivity contribution in [3.63, 3.8) is 0 Å². The van der Waals surface area contributed by atoms with Crippen LogP contribution in [0.2, 0.25) is 0 Å². The molecular weight excluding hydrogens is 280 g/mol. The number of amides is 1. The molecule has 3 heterocycles. The number of rotatable bonds is 4. The Hall–Kier alpha value is -2.89. The maximum atomic E-state index is 12.2. The van der Waals surface area contributed by atoms with E-state index in [0.717, 1.165) is 5.69 Å². The van der Waals surface area contributed by atoms with Crippen molar-refractivity contribution in [2.45, 2.75) is 13.5 Å². The Morgan fingerprint density at radius 3 is 2.82 bits per heavy atom. The Morgan fingerprint density at radius 2 is 2.18 bits per heavy atom. The third-order valence-electron chi connectivity index (χ3n) is 3.30. The average molecular weight is 296 g/mol. The summed E-state index contributed by atoms with van der Waals surface area (Å²) in [5.74, 6) is 0.519. The van der Waals surface area contributed by atoms with E-state index in [1.54, 1.807) is 29.1 Å². The van der Waals surface area contributed by atoms with Gasteiger partial charge in [-0.15, -0.1) is 0 Å². The number of nitrogens with zero attached hydrogens (tertiary/aromatic N) is 3. The van der Waals surface area contributed by atoms with Gasteiger partial charge in [0.2, 0.25) is 0 Å². The Balaban J connectivity index is 1.72. The fraction of sp³-hybridized carbons (Fsp3) is 0.188. The lowest BCUT2D eigenvalue weighted by molar-refractivity contribution is 0.0949. The van der Waals surface area contributed by atoms with Gasteiger partial charge in [-0.05, 0) is 37.3 Å². The number of aromatic nitrogens is 3. The van der Waals surface area contributed by atoms with E-state index in [1.165, 1.54) is 0 Å². The number of aryl methyl sites for hydroxylation is 2. The molecule has 1 N–H and O–H groups in total. The normalized spacial score (nSPS) is 10.6. The molecule has 0 saturated heterocycles. The number of hydrogen-bond donors (Lipinski definition) is 1. The second kappa shape index (κ2) is 5.85. The van der Waals surface area contributed by atoms with Crippen LogP contribution in [-0.2, 0) is 13.6 Å². The standard InChI is InChI=1S/C16H16N4O2/c1-11-13(5-6-14(18-11)15-4-3-9-22-15)16(21)17-10-12-7-8-20(2)19-12/h3-9H,10H2,1-2H3,(H,17,21). The zero-order valence-corrected chi connectivity index (χ0v) is 12.4. The Morgan fingerprint density at radius 1 is 1.32 bits per heavy atom. The van der Waals surface area contributed by atoms with Gasteiger partial charge in [0.15, 0.2) is 5.76 Å². The monoisotopic (exact) mass is 296 g/mol. The number of hydrogen-bond acceptors (Lipinski definition) is 4. The fourth-order valence-corrected chi connectivity index (χ4v) is 2.19. The lowest BCUT2D eigenvalue weighted by Gasteiger charge is -2.07. The van der Waals surface area contributed by atoms with Crippen LogP contribution in [0.4, 0.5) is 0 Å². The van der Waals surface area contributed by atoms with E-state index in [9.17, 15) is 4.79 Å². The number of carbonyl (C=O) groups excluding carboxylic acids is 1. The van der Waals surface area contributed by atoms with Crippen LogP contribution in [0.15, 0.2) is 47.2 Å². The topological polar surface area (TPSA) is 73.0 Å². The largest absolute Gasteiger partial charge is 0.463 e. The summed E-state index contributed by atoms with van der Waals surface area (Å²) in [6.45, 7) is 2.20. The van der Waals surface area contributed by atoms with Gasteiger partial charge in [-0.3, -0.25) is 9.48 Å². The molecule has 6 nitrogen and oxygen atoms in total. The number of nitrogens with one attached hydrogen (secondary N) is 1. The van der Waals surface area contributed by atoms with Crippen LogP contribution in [0.3, 0.4) is 0 Å². The van der Waals surface area contributed by atoms with Crippen molar-refractivity contribution < 1.29 is 9.21 Å². The summed E-state index contributed by atoms with van der Waals surface area (Å²) < 4.78 is 7.01. The van der Waals surface area contributed by atoms with Crippen LogP contribution in [0.5, 0.6) is 0 Å². The SMILES string of the molecule is Cc1nc(-c2ccco2)ccc1C(=O)NCc1ccn(C)n1. The summed E-state index contributed by atoms with van der Waals surface area (Å²) in [6, 6.07) is 9.04. The smallest absolute Gasteiger partial charge is 0.253 e. The molecule has 0 aliphatic carbocycles. The van der Waals surface area contributed by atoms with Gasteiger partial charge in [-0.2, -0.15) is 5.10 Å². The molecule has 112 valence electrons. The first-order valence-electron chi connectivity index (χ1n) is 6.92. The van der Waals surface area contributed by atoms with Crippen molar-refractivity contribution in [3.8, 4) is 11.5 Å².